The van der Waals surface area contributed by atoms with Gasteiger partial charge in [0.2, 0.25) is 0 Å². The minimum atomic E-state index is 0.538. The fourth-order valence-electron chi connectivity index (χ4n) is 4.20. The van der Waals surface area contributed by atoms with Gasteiger partial charge in [0.15, 0.2) is 0 Å². The standard InChI is InChI=1S/C17H34N2/c1-5-11-18-15-9-10-17(3,4)13-16(15)19-12-7-8-14(19)6-2/h14-16,18H,5-13H2,1-4H3. The molecular formula is C17H34N2. The van der Waals surface area contributed by atoms with Gasteiger partial charge in [0.25, 0.3) is 0 Å². The van der Waals surface area contributed by atoms with Crippen LogP contribution in [-0.4, -0.2) is 36.1 Å². The molecular weight excluding hydrogens is 232 g/mol. The first kappa shape index (κ1) is 15.3. The quantitative estimate of drug-likeness (QED) is 0.814. The van der Waals surface area contributed by atoms with Crippen LogP contribution in [-0.2, 0) is 0 Å². The molecule has 3 atom stereocenters. The molecule has 1 heterocycles. The van der Waals surface area contributed by atoms with E-state index in [1.165, 1.54) is 58.0 Å². The highest BCUT2D eigenvalue weighted by molar-refractivity contribution is 4.97. The van der Waals surface area contributed by atoms with Crippen LogP contribution in [0.5, 0.6) is 0 Å². The van der Waals surface area contributed by atoms with Gasteiger partial charge < -0.3 is 5.32 Å². The molecule has 1 saturated carbocycles. The molecule has 1 saturated heterocycles. The molecule has 1 aliphatic heterocycles. The smallest absolute Gasteiger partial charge is 0.0257 e. The maximum absolute atomic E-state index is 3.84. The zero-order chi connectivity index (χ0) is 13.9. The van der Waals surface area contributed by atoms with Gasteiger partial charge >= 0.3 is 0 Å². The predicted octanol–water partition coefficient (Wildman–Crippen LogP) is 3.81. The number of nitrogens with zero attached hydrogens (tertiary/aromatic N) is 1. The highest BCUT2D eigenvalue weighted by Crippen LogP contribution is 2.40. The van der Waals surface area contributed by atoms with E-state index in [1.807, 2.05) is 0 Å². The molecule has 3 unspecified atom stereocenters. The van der Waals surface area contributed by atoms with Crippen molar-refractivity contribution in [3.63, 3.8) is 0 Å². The van der Waals surface area contributed by atoms with Crippen molar-refractivity contribution in [2.75, 3.05) is 13.1 Å². The molecule has 0 aromatic carbocycles. The minimum Gasteiger partial charge on any atom is -0.312 e. The first-order valence-electron chi connectivity index (χ1n) is 8.56. The fraction of sp³-hybridized carbons (Fsp3) is 1.00. The fourth-order valence-corrected chi connectivity index (χ4v) is 4.20. The Morgan fingerprint density at radius 3 is 2.68 bits per heavy atom. The van der Waals surface area contributed by atoms with Gasteiger partial charge in [-0.25, -0.2) is 0 Å². The third-order valence-electron chi connectivity index (χ3n) is 5.33. The summed E-state index contributed by atoms with van der Waals surface area (Å²) in [5, 5.41) is 3.84. The number of likely N-dealkylation sites (tertiary alicyclic amines) is 1. The Kier molecular flexibility index (Phi) is 5.30. The summed E-state index contributed by atoms with van der Waals surface area (Å²) in [7, 11) is 0. The summed E-state index contributed by atoms with van der Waals surface area (Å²) in [6.07, 6.45) is 9.55. The van der Waals surface area contributed by atoms with Crippen LogP contribution in [0.2, 0.25) is 0 Å². The van der Waals surface area contributed by atoms with E-state index in [1.54, 1.807) is 0 Å². The summed E-state index contributed by atoms with van der Waals surface area (Å²) in [6, 6.07) is 2.37. The van der Waals surface area contributed by atoms with Crippen molar-refractivity contribution in [1.82, 2.24) is 10.2 Å². The monoisotopic (exact) mass is 266 g/mol. The maximum Gasteiger partial charge on any atom is 0.0257 e. The lowest BCUT2D eigenvalue weighted by Gasteiger charge is -2.47. The molecule has 0 amide bonds. The highest BCUT2D eigenvalue weighted by atomic mass is 15.2. The lowest BCUT2D eigenvalue weighted by molar-refractivity contribution is 0.0555. The van der Waals surface area contributed by atoms with E-state index in [4.69, 9.17) is 0 Å². The number of hydrogen-bond donors (Lipinski definition) is 1. The Hall–Kier alpha value is -0.0800. The molecule has 1 aliphatic carbocycles. The van der Waals surface area contributed by atoms with Gasteiger partial charge in [-0.3, -0.25) is 4.90 Å². The summed E-state index contributed by atoms with van der Waals surface area (Å²) >= 11 is 0. The van der Waals surface area contributed by atoms with Gasteiger partial charge in [0.1, 0.15) is 0 Å². The zero-order valence-electron chi connectivity index (χ0n) is 13.5. The van der Waals surface area contributed by atoms with Crippen molar-refractivity contribution >= 4 is 0 Å². The number of rotatable bonds is 5. The lowest BCUT2D eigenvalue weighted by Crippen LogP contribution is -2.56. The molecule has 0 bridgehead atoms. The molecule has 112 valence electrons. The topological polar surface area (TPSA) is 15.3 Å². The van der Waals surface area contributed by atoms with E-state index in [0.29, 0.717) is 5.41 Å². The van der Waals surface area contributed by atoms with Crippen LogP contribution in [0.1, 0.15) is 72.6 Å². The van der Waals surface area contributed by atoms with Crippen molar-refractivity contribution < 1.29 is 0 Å². The van der Waals surface area contributed by atoms with E-state index in [0.717, 1.165) is 18.1 Å². The van der Waals surface area contributed by atoms with Gasteiger partial charge in [-0.2, -0.15) is 0 Å². The molecule has 2 heteroatoms. The summed E-state index contributed by atoms with van der Waals surface area (Å²) in [5.41, 5.74) is 0.538. The first-order valence-corrected chi connectivity index (χ1v) is 8.56. The molecule has 19 heavy (non-hydrogen) atoms. The van der Waals surface area contributed by atoms with Gasteiger partial charge in [-0.05, 0) is 63.5 Å². The first-order chi connectivity index (χ1) is 9.07. The summed E-state index contributed by atoms with van der Waals surface area (Å²) < 4.78 is 0. The van der Waals surface area contributed by atoms with Crippen LogP contribution in [0.4, 0.5) is 0 Å². The van der Waals surface area contributed by atoms with Crippen molar-refractivity contribution in [3.05, 3.63) is 0 Å². The van der Waals surface area contributed by atoms with Gasteiger partial charge in [-0.1, -0.05) is 27.7 Å². The Morgan fingerprint density at radius 1 is 1.21 bits per heavy atom. The van der Waals surface area contributed by atoms with Crippen LogP contribution in [0.15, 0.2) is 0 Å². The molecule has 0 aromatic heterocycles. The average Bonchev–Trinajstić information content (AvgIpc) is 2.84. The normalized spacial score (nSPS) is 35.7. The second-order valence-corrected chi connectivity index (χ2v) is 7.48. The summed E-state index contributed by atoms with van der Waals surface area (Å²) in [6.45, 7) is 12.1. The van der Waals surface area contributed by atoms with Crippen LogP contribution in [0.3, 0.4) is 0 Å². The Balaban J connectivity index is 2.05. The zero-order valence-corrected chi connectivity index (χ0v) is 13.5. The van der Waals surface area contributed by atoms with Gasteiger partial charge in [0.05, 0.1) is 0 Å². The SMILES string of the molecule is CCCNC1CCC(C)(C)CC1N1CCCC1CC. The van der Waals surface area contributed by atoms with Crippen molar-refractivity contribution in [1.29, 1.82) is 0 Å². The van der Waals surface area contributed by atoms with Crippen molar-refractivity contribution in [3.8, 4) is 0 Å². The van der Waals surface area contributed by atoms with E-state index in [-0.39, 0.29) is 0 Å². The van der Waals surface area contributed by atoms with E-state index < -0.39 is 0 Å². The largest absolute Gasteiger partial charge is 0.312 e. The number of nitrogens with one attached hydrogen (secondary N) is 1. The van der Waals surface area contributed by atoms with E-state index in [2.05, 4.69) is 37.9 Å². The van der Waals surface area contributed by atoms with Gasteiger partial charge in [0, 0.05) is 18.1 Å². The Morgan fingerprint density at radius 2 is 2.00 bits per heavy atom. The molecule has 2 aliphatic rings. The minimum absolute atomic E-state index is 0.538. The third kappa shape index (κ3) is 3.72. The molecule has 0 radical (unpaired) electrons. The van der Waals surface area contributed by atoms with E-state index >= 15 is 0 Å². The molecule has 2 nitrogen and oxygen atoms in total. The van der Waals surface area contributed by atoms with Crippen LogP contribution in [0.25, 0.3) is 0 Å². The Labute approximate surface area is 120 Å². The summed E-state index contributed by atoms with van der Waals surface area (Å²) in [4.78, 5) is 2.86. The van der Waals surface area contributed by atoms with Crippen LogP contribution < -0.4 is 5.32 Å². The van der Waals surface area contributed by atoms with Crippen LogP contribution >= 0.6 is 0 Å². The highest BCUT2D eigenvalue weighted by Gasteiger charge is 2.40. The summed E-state index contributed by atoms with van der Waals surface area (Å²) in [5.74, 6) is 0. The van der Waals surface area contributed by atoms with Gasteiger partial charge in [-0.15, -0.1) is 0 Å². The van der Waals surface area contributed by atoms with Crippen LogP contribution in [0, 0.1) is 5.41 Å². The average molecular weight is 266 g/mol. The van der Waals surface area contributed by atoms with Crippen molar-refractivity contribution in [2.45, 2.75) is 90.8 Å². The molecule has 2 fully saturated rings. The second-order valence-electron chi connectivity index (χ2n) is 7.48. The molecule has 0 spiro atoms. The number of hydrogen-bond acceptors (Lipinski definition) is 2. The molecule has 2 rings (SSSR count). The second kappa shape index (κ2) is 6.58. The molecule has 1 N–H and O–H groups in total. The predicted molar refractivity (Wildman–Crippen MR) is 83.5 cm³/mol. The molecule has 0 aromatic rings. The van der Waals surface area contributed by atoms with E-state index in [9.17, 15) is 0 Å². The Bertz CT molecular complexity index is 274. The lowest BCUT2D eigenvalue weighted by atomic mass is 9.72. The maximum atomic E-state index is 3.84. The third-order valence-corrected chi connectivity index (χ3v) is 5.33. The van der Waals surface area contributed by atoms with Crippen molar-refractivity contribution in [2.24, 2.45) is 5.41 Å².